The van der Waals surface area contributed by atoms with Crippen LogP contribution in [0.2, 0.25) is 0 Å². The van der Waals surface area contributed by atoms with Gasteiger partial charge >= 0.3 is 0 Å². The molecule has 0 saturated carbocycles. The Hall–Kier alpha value is -4.13. The Morgan fingerprint density at radius 1 is 1.00 bits per heavy atom. The lowest BCUT2D eigenvalue weighted by atomic mass is 9.94. The fourth-order valence-electron chi connectivity index (χ4n) is 5.48. The first kappa shape index (κ1) is 26.5. The van der Waals surface area contributed by atoms with Gasteiger partial charge in [-0.3, -0.25) is 19.5 Å². The number of Topliss-reactive ketones (excluding diaryl/α,β-unsaturated/α-hetero) is 1. The molecule has 1 amide bonds. The number of pyridine rings is 1. The van der Waals surface area contributed by atoms with Crippen LogP contribution in [0.5, 0.6) is 5.75 Å². The Bertz CT molecular complexity index is 1380. The van der Waals surface area contributed by atoms with Crippen molar-refractivity contribution in [2.45, 2.75) is 52.0 Å². The highest BCUT2D eigenvalue weighted by atomic mass is 16.5. The van der Waals surface area contributed by atoms with Crippen molar-refractivity contribution in [1.82, 2.24) is 4.98 Å². The molecule has 1 N–H and O–H groups in total. The highest BCUT2D eigenvalue weighted by Gasteiger charge is 2.47. The molecule has 2 aliphatic heterocycles. The number of hydrogen-bond donors (Lipinski definition) is 1. The summed E-state index contributed by atoms with van der Waals surface area (Å²) >= 11 is 0. The van der Waals surface area contributed by atoms with E-state index in [9.17, 15) is 14.7 Å². The molecule has 5 rings (SSSR count). The van der Waals surface area contributed by atoms with Gasteiger partial charge in [0.1, 0.15) is 17.6 Å². The second-order valence-corrected chi connectivity index (χ2v) is 10.3. The number of piperidine rings is 1. The largest absolute Gasteiger partial charge is 0.507 e. The molecule has 39 heavy (non-hydrogen) atoms. The molecular formula is C32H35N3O4. The third kappa shape index (κ3) is 5.13. The maximum atomic E-state index is 13.5. The maximum Gasteiger partial charge on any atom is 0.300 e. The van der Waals surface area contributed by atoms with E-state index < -0.39 is 17.7 Å². The third-order valence-electron chi connectivity index (χ3n) is 7.47. The van der Waals surface area contributed by atoms with E-state index in [0.717, 1.165) is 30.1 Å². The zero-order chi connectivity index (χ0) is 27.5. The summed E-state index contributed by atoms with van der Waals surface area (Å²) in [5.41, 5.74) is 3.59. The van der Waals surface area contributed by atoms with Crippen molar-refractivity contribution in [2.75, 3.05) is 29.5 Å². The molecule has 0 bridgehead atoms. The highest BCUT2D eigenvalue weighted by molar-refractivity contribution is 6.51. The Balaban J connectivity index is 1.60. The summed E-state index contributed by atoms with van der Waals surface area (Å²) in [5.74, 6) is -0.774. The van der Waals surface area contributed by atoms with Crippen LogP contribution in [0.25, 0.3) is 5.76 Å². The summed E-state index contributed by atoms with van der Waals surface area (Å²) in [5, 5.41) is 11.6. The van der Waals surface area contributed by atoms with Gasteiger partial charge in [-0.2, -0.15) is 0 Å². The Morgan fingerprint density at radius 2 is 1.72 bits per heavy atom. The number of benzene rings is 2. The molecule has 2 fully saturated rings. The van der Waals surface area contributed by atoms with Gasteiger partial charge in [-0.1, -0.05) is 19.9 Å². The standard InChI is InChI=1S/C32H35N3O4/c1-4-39-27-16-11-22(20-25(27)21(2)3)30(36)28-29(26-10-6-7-17-33-26)35(32(38)31(28)37)24-14-12-23(13-15-24)34-18-8-5-9-19-34/h6-7,10-17,20-21,29,36H,4-5,8-9,18-19H2,1-3H3/b30-28-. The molecule has 0 radical (unpaired) electrons. The van der Waals surface area contributed by atoms with E-state index in [1.165, 1.54) is 24.2 Å². The van der Waals surface area contributed by atoms with Gasteiger partial charge in [0, 0.05) is 36.2 Å². The first-order valence-electron chi connectivity index (χ1n) is 13.7. The minimum atomic E-state index is -0.860. The van der Waals surface area contributed by atoms with Gasteiger partial charge in [-0.25, -0.2) is 0 Å². The van der Waals surface area contributed by atoms with E-state index in [4.69, 9.17) is 4.74 Å². The molecule has 2 aliphatic rings. The van der Waals surface area contributed by atoms with Gasteiger partial charge in [0.15, 0.2) is 0 Å². The molecule has 1 unspecified atom stereocenters. The molecule has 0 spiro atoms. The summed E-state index contributed by atoms with van der Waals surface area (Å²) in [6, 6.07) is 17.6. The first-order valence-corrected chi connectivity index (χ1v) is 13.7. The Kier molecular flexibility index (Phi) is 7.68. The molecule has 0 aliphatic carbocycles. The topological polar surface area (TPSA) is 83.0 Å². The number of anilines is 2. The van der Waals surface area contributed by atoms with Gasteiger partial charge in [0.2, 0.25) is 0 Å². The third-order valence-corrected chi connectivity index (χ3v) is 7.47. The molecule has 202 valence electrons. The average molecular weight is 526 g/mol. The number of hydrogen-bond acceptors (Lipinski definition) is 6. The predicted molar refractivity (Wildman–Crippen MR) is 153 cm³/mol. The van der Waals surface area contributed by atoms with Gasteiger partial charge < -0.3 is 14.7 Å². The van der Waals surface area contributed by atoms with Gasteiger partial charge in [0.25, 0.3) is 11.7 Å². The summed E-state index contributed by atoms with van der Waals surface area (Å²) in [6.07, 6.45) is 5.21. The van der Waals surface area contributed by atoms with Crippen molar-refractivity contribution in [3.63, 3.8) is 0 Å². The molecule has 2 saturated heterocycles. The zero-order valence-electron chi connectivity index (χ0n) is 22.8. The minimum Gasteiger partial charge on any atom is -0.507 e. The Morgan fingerprint density at radius 3 is 2.36 bits per heavy atom. The molecule has 1 aromatic heterocycles. The van der Waals surface area contributed by atoms with E-state index in [2.05, 4.69) is 9.88 Å². The van der Waals surface area contributed by atoms with E-state index in [0.29, 0.717) is 23.6 Å². The lowest BCUT2D eigenvalue weighted by Gasteiger charge is -2.30. The van der Waals surface area contributed by atoms with Crippen molar-refractivity contribution < 1.29 is 19.4 Å². The van der Waals surface area contributed by atoms with E-state index in [-0.39, 0.29) is 17.3 Å². The van der Waals surface area contributed by atoms with Crippen molar-refractivity contribution in [3.8, 4) is 5.75 Å². The smallest absolute Gasteiger partial charge is 0.300 e. The summed E-state index contributed by atoms with van der Waals surface area (Å²) in [4.78, 5) is 35.3. The van der Waals surface area contributed by atoms with Crippen LogP contribution in [-0.4, -0.2) is 41.5 Å². The van der Waals surface area contributed by atoms with E-state index >= 15 is 0 Å². The number of carbonyl (C=O) groups is 2. The summed E-state index contributed by atoms with van der Waals surface area (Å²) in [7, 11) is 0. The van der Waals surface area contributed by atoms with Crippen LogP contribution >= 0.6 is 0 Å². The maximum absolute atomic E-state index is 13.5. The normalized spacial score (nSPS) is 19.1. The number of nitrogens with zero attached hydrogens (tertiary/aromatic N) is 3. The zero-order valence-corrected chi connectivity index (χ0v) is 22.8. The van der Waals surface area contributed by atoms with Crippen LogP contribution in [0, 0.1) is 0 Å². The van der Waals surface area contributed by atoms with Crippen molar-refractivity contribution >= 4 is 28.8 Å². The first-order chi connectivity index (χ1) is 18.9. The monoisotopic (exact) mass is 525 g/mol. The Labute approximate surface area is 229 Å². The van der Waals surface area contributed by atoms with Crippen LogP contribution in [0.15, 0.2) is 72.4 Å². The fraction of sp³-hybridized carbons (Fsp3) is 0.344. The molecule has 3 aromatic rings. The van der Waals surface area contributed by atoms with Crippen LogP contribution in [-0.2, 0) is 9.59 Å². The second-order valence-electron chi connectivity index (χ2n) is 10.3. The molecule has 1 atom stereocenters. The molecular weight excluding hydrogens is 490 g/mol. The van der Waals surface area contributed by atoms with Crippen LogP contribution in [0.4, 0.5) is 11.4 Å². The number of ether oxygens (including phenoxy) is 1. The molecule has 3 heterocycles. The molecule has 7 nitrogen and oxygen atoms in total. The van der Waals surface area contributed by atoms with Crippen molar-refractivity contribution in [1.29, 1.82) is 0 Å². The second kappa shape index (κ2) is 11.3. The lowest BCUT2D eigenvalue weighted by Crippen LogP contribution is -2.31. The number of aliphatic hydroxyl groups is 1. The van der Waals surface area contributed by atoms with Crippen LogP contribution in [0.1, 0.15) is 68.8 Å². The summed E-state index contributed by atoms with van der Waals surface area (Å²) < 4.78 is 5.78. The number of aliphatic hydroxyl groups excluding tert-OH is 1. The van der Waals surface area contributed by atoms with E-state index in [1.54, 1.807) is 30.5 Å². The average Bonchev–Trinajstić information content (AvgIpc) is 3.24. The number of amides is 1. The highest BCUT2D eigenvalue weighted by Crippen LogP contribution is 2.42. The number of rotatable bonds is 7. The quantitative estimate of drug-likeness (QED) is 0.224. The van der Waals surface area contributed by atoms with Crippen molar-refractivity contribution in [3.05, 3.63) is 89.3 Å². The van der Waals surface area contributed by atoms with E-state index in [1.807, 2.05) is 57.2 Å². The van der Waals surface area contributed by atoms with Gasteiger partial charge in [-0.15, -0.1) is 0 Å². The number of ketones is 1. The van der Waals surface area contributed by atoms with Gasteiger partial charge in [-0.05, 0) is 92.3 Å². The SMILES string of the molecule is CCOc1ccc(/C(O)=C2/C(=O)C(=O)N(c3ccc(N4CCCCC4)cc3)C2c2ccccn2)cc1C(C)C. The summed E-state index contributed by atoms with van der Waals surface area (Å²) in [6.45, 7) is 8.55. The van der Waals surface area contributed by atoms with Crippen LogP contribution < -0.4 is 14.5 Å². The minimum absolute atomic E-state index is 0.0256. The van der Waals surface area contributed by atoms with Gasteiger partial charge in [0.05, 0.1) is 17.9 Å². The number of aromatic nitrogens is 1. The predicted octanol–water partition coefficient (Wildman–Crippen LogP) is 6.22. The fourth-order valence-corrected chi connectivity index (χ4v) is 5.48. The van der Waals surface area contributed by atoms with Crippen molar-refractivity contribution in [2.24, 2.45) is 0 Å². The number of carbonyl (C=O) groups excluding carboxylic acids is 2. The van der Waals surface area contributed by atoms with Crippen LogP contribution in [0.3, 0.4) is 0 Å². The lowest BCUT2D eigenvalue weighted by molar-refractivity contribution is -0.132. The molecule has 2 aromatic carbocycles. The molecule has 7 heteroatoms.